The summed E-state index contributed by atoms with van der Waals surface area (Å²) in [5.74, 6) is 0. The first kappa shape index (κ1) is 59.9. The summed E-state index contributed by atoms with van der Waals surface area (Å²) < 4.78 is 0. The Morgan fingerprint density at radius 1 is 0.0849 bits per heavy atom. The molecule has 0 radical (unpaired) electrons. The number of rotatable bonds is 8. The van der Waals surface area contributed by atoms with E-state index in [9.17, 15) is 0 Å². The average molecular weight is 1340 g/mol. The van der Waals surface area contributed by atoms with E-state index >= 15 is 0 Å². The summed E-state index contributed by atoms with van der Waals surface area (Å²) in [7, 11) is 0. The molecule has 0 saturated heterocycles. The minimum Gasteiger partial charge on any atom is -0.0622 e. The molecule has 0 nitrogen and oxygen atoms in total. The summed E-state index contributed by atoms with van der Waals surface area (Å²) in [5.41, 5.74) is 30.9. The van der Waals surface area contributed by atoms with Gasteiger partial charge < -0.3 is 0 Å². The number of hydrogen-bond acceptors (Lipinski definition) is 0. The molecule has 0 fully saturated rings. The van der Waals surface area contributed by atoms with Gasteiger partial charge in [-0.1, -0.05) is 388 Å². The van der Waals surface area contributed by atoms with Crippen LogP contribution in [0.3, 0.4) is 0 Å². The molecule has 0 atom stereocenters. The topological polar surface area (TPSA) is 0 Å². The first-order valence-corrected chi connectivity index (χ1v) is 37.0. The van der Waals surface area contributed by atoms with Crippen molar-refractivity contribution in [3.05, 3.63) is 388 Å². The third-order valence-corrected chi connectivity index (χ3v) is 23.1. The highest BCUT2D eigenvalue weighted by molar-refractivity contribution is 6.43. The van der Waals surface area contributed by atoms with Crippen LogP contribution in [0.4, 0.5) is 0 Å². The summed E-state index contributed by atoms with van der Waals surface area (Å²) in [4.78, 5) is 0. The van der Waals surface area contributed by atoms with Crippen molar-refractivity contribution in [2.75, 3.05) is 0 Å². The zero-order valence-corrected chi connectivity index (χ0v) is 58.0. The molecule has 488 valence electrons. The van der Waals surface area contributed by atoms with Crippen molar-refractivity contribution in [1.82, 2.24) is 0 Å². The SMILES string of the molecule is c1ccc(-c2c3c(c(-c4ccccc4)c4ccccc24)-c2ccc4c5ccc6c7c(ccc(c8ccc-3c2c84)c75)-c2c-6c(-c3ccccc3)c3ccccc3c2-c2ccccc2)cc1.c1ccc(-c2c3ccccc3c(-c3ccccc3)c3c(-c4ccccc4)c4ccccc4c(-c4ccccc4)c23)cc1. The van der Waals surface area contributed by atoms with E-state index in [-0.39, 0.29) is 0 Å². The Balaban J connectivity index is 0.000000145. The van der Waals surface area contributed by atoms with Gasteiger partial charge in [-0.2, -0.15) is 0 Å². The van der Waals surface area contributed by atoms with Gasteiger partial charge in [0.2, 0.25) is 0 Å². The summed E-state index contributed by atoms with van der Waals surface area (Å²) in [5, 5.41) is 23.5. The summed E-state index contributed by atoms with van der Waals surface area (Å²) in [6.45, 7) is 0. The molecule has 0 N–H and O–H groups in total. The van der Waals surface area contributed by atoms with Crippen LogP contribution in [0.15, 0.2) is 388 Å². The molecule has 0 heteroatoms. The second-order valence-corrected chi connectivity index (χ2v) is 28.5. The Bertz CT molecular complexity index is 6300. The maximum absolute atomic E-state index is 2.45. The Morgan fingerprint density at radius 2 is 0.236 bits per heavy atom. The molecule has 21 aromatic carbocycles. The Hall–Kier alpha value is -13.8. The maximum atomic E-state index is 2.45. The zero-order valence-electron chi connectivity index (χ0n) is 58.0. The van der Waals surface area contributed by atoms with Gasteiger partial charge in [-0.15, -0.1) is 0 Å². The van der Waals surface area contributed by atoms with Gasteiger partial charge in [0.1, 0.15) is 0 Å². The van der Waals surface area contributed by atoms with Crippen molar-refractivity contribution in [1.29, 1.82) is 0 Å². The van der Waals surface area contributed by atoms with E-state index in [1.807, 2.05) is 0 Å². The van der Waals surface area contributed by atoms with Crippen LogP contribution in [0.1, 0.15) is 0 Å². The van der Waals surface area contributed by atoms with E-state index in [0.717, 1.165) is 0 Å². The Kier molecular flexibility index (Phi) is 13.5. The smallest absolute Gasteiger partial charge is 0.000139 e. The largest absolute Gasteiger partial charge is 0.0622 e. The lowest BCUT2D eigenvalue weighted by molar-refractivity contribution is 1.62. The standard InChI is InChI=1S/C64H36.C42H28/c1-5-17-37(18-6-1)53-41-25-13-14-26-42(41)54(38-19-7-2-8-20-38)62-50-34-30-46-48-32-36-52-60-51(35-31-47(58(48)60)45-29-33-49(61(53)62)59(50)57(45)46)63-55(39-21-9-3-10-22-39)43-27-15-16-28-44(43)56(64(52)63)40-23-11-4-12-24-40;1-5-17-29(18-6-1)37-33-25-13-14-26-34(33)39(31-21-9-3-10-22-31)42-40(32-23-11-4-12-24-32)36-28-16-15-27-35(36)38(41(37)42)30-19-7-2-8-20-30/h1-36H;1-28H. The van der Waals surface area contributed by atoms with Crippen molar-refractivity contribution >= 4 is 97.0 Å². The molecule has 0 unspecified atom stereocenters. The monoisotopic (exact) mass is 1340 g/mol. The summed E-state index contributed by atoms with van der Waals surface area (Å²) >= 11 is 0. The fourth-order valence-electron chi connectivity index (χ4n) is 19.0. The lowest BCUT2D eigenvalue weighted by atomic mass is 9.77. The molecule has 0 aliphatic heterocycles. The highest BCUT2D eigenvalue weighted by atomic mass is 14.4. The molecule has 0 heterocycles. The molecule has 2 aliphatic carbocycles. The minimum atomic E-state index is 1.23. The molecule has 0 aromatic heterocycles. The molecule has 106 heavy (non-hydrogen) atoms. The van der Waals surface area contributed by atoms with E-state index in [1.54, 1.807) is 0 Å². The van der Waals surface area contributed by atoms with Gasteiger partial charge in [-0.3, -0.25) is 0 Å². The second-order valence-electron chi connectivity index (χ2n) is 28.5. The molecule has 0 saturated carbocycles. The average Bonchev–Trinajstić information content (AvgIpc) is 1.56. The molecular formula is C106H64. The normalized spacial score (nSPS) is 12.0. The molecule has 2 aliphatic rings. The van der Waals surface area contributed by atoms with Gasteiger partial charge in [0.15, 0.2) is 0 Å². The molecular weight excluding hydrogens is 1270 g/mol. The number of fused-ring (bicyclic) bond motifs is 13. The van der Waals surface area contributed by atoms with Crippen LogP contribution in [0, 0.1) is 0 Å². The molecule has 23 rings (SSSR count). The van der Waals surface area contributed by atoms with Crippen molar-refractivity contribution in [3.63, 3.8) is 0 Å². The predicted molar refractivity (Wildman–Crippen MR) is 454 cm³/mol. The zero-order chi connectivity index (χ0) is 69.5. The van der Waals surface area contributed by atoms with E-state index in [2.05, 4.69) is 388 Å². The Morgan fingerprint density at radius 3 is 0.415 bits per heavy atom. The fraction of sp³-hybridized carbons (Fsp3) is 0. The predicted octanol–water partition coefficient (Wildman–Crippen LogP) is 29.8. The van der Waals surface area contributed by atoms with Gasteiger partial charge >= 0.3 is 0 Å². The maximum Gasteiger partial charge on any atom is -0.000139 e. The molecule has 21 aromatic rings. The van der Waals surface area contributed by atoms with E-state index in [4.69, 9.17) is 0 Å². The van der Waals surface area contributed by atoms with Gasteiger partial charge in [0.05, 0.1) is 0 Å². The van der Waals surface area contributed by atoms with Gasteiger partial charge in [0, 0.05) is 0 Å². The quantitative estimate of drug-likeness (QED) is 0.105. The van der Waals surface area contributed by atoms with Crippen LogP contribution in [0.2, 0.25) is 0 Å². The van der Waals surface area contributed by atoms with Gasteiger partial charge in [0.25, 0.3) is 0 Å². The van der Waals surface area contributed by atoms with Gasteiger partial charge in [-0.25, -0.2) is 0 Å². The van der Waals surface area contributed by atoms with E-state index in [0.29, 0.717) is 0 Å². The fourth-order valence-corrected chi connectivity index (χ4v) is 19.0. The number of hydrogen-bond donors (Lipinski definition) is 0. The van der Waals surface area contributed by atoms with Crippen LogP contribution in [0.5, 0.6) is 0 Å². The highest BCUT2D eigenvalue weighted by Gasteiger charge is 2.36. The third kappa shape index (κ3) is 8.77. The minimum absolute atomic E-state index is 1.23. The van der Waals surface area contributed by atoms with Crippen LogP contribution in [-0.4, -0.2) is 0 Å². The first-order chi connectivity index (χ1) is 52.7. The third-order valence-electron chi connectivity index (χ3n) is 23.1. The lowest BCUT2D eigenvalue weighted by Gasteiger charge is -2.25. The van der Waals surface area contributed by atoms with Crippen molar-refractivity contribution in [2.45, 2.75) is 0 Å². The molecule has 0 spiro atoms. The lowest BCUT2D eigenvalue weighted by Crippen LogP contribution is -1.97. The van der Waals surface area contributed by atoms with Crippen LogP contribution in [0.25, 0.3) is 230 Å². The van der Waals surface area contributed by atoms with Crippen LogP contribution in [-0.2, 0) is 0 Å². The first-order valence-electron chi connectivity index (χ1n) is 37.0. The van der Waals surface area contributed by atoms with Crippen LogP contribution >= 0.6 is 0 Å². The van der Waals surface area contributed by atoms with Gasteiger partial charge in [-0.05, 0) is 230 Å². The van der Waals surface area contributed by atoms with Crippen LogP contribution < -0.4 is 0 Å². The van der Waals surface area contributed by atoms with E-state index < -0.39 is 0 Å². The second kappa shape index (κ2) is 23.9. The van der Waals surface area contributed by atoms with E-state index in [1.165, 1.54) is 230 Å². The van der Waals surface area contributed by atoms with Crippen molar-refractivity contribution in [3.8, 4) is 134 Å². The van der Waals surface area contributed by atoms with Crippen molar-refractivity contribution in [2.24, 2.45) is 0 Å². The van der Waals surface area contributed by atoms with Crippen molar-refractivity contribution < 1.29 is 0 Å². The Labute approximate surface area is 614 Å². The number of benzene rings is 21. The summed E-state index contributed by atoms with van der Waals surface area (Å²) in [6, 6.07) is 144. The summed E-state index contributed by atoms with van der Waals surface area (Å²) in [6.07, 6.45) is 0. The molecule has 0 amide bonds. The highest BCUT2D eigenvalue weighted by Crippen LogP contribution is 2.64. The molecule has 0 bridgehead atoms.